The second-order valence-electron chi connectivity index (χ2n) is 6.59. The lowest BCUT2D eigenvalue weighted by molar-refractivity contribution is -0.121. The molecule has 1 saturated carbocycles. The van der Waals surface area contributed by atoms with Crippen molar-refractivity contribution >= 4 is 15.7 Å². The molecule has 4 nitrogen and oxygen atoms in total. The molecule has 0 heterocycles. The van der Waals surface area contributed by atoms with Gasteiger partial charge in [0.1, 0.15) is 0 Å². The van der Waals surface area contributed by atoms with Crippen LogP contribution in [0.4, 0.5) is 0 Å². The first-order chi connectivity index (χ1) is 10.9. The predicted octanol–water partition coefficient (Wildman–Crippen LogP) is 3.46. The Balaban J connectivity index is 1.67. The van der Waals surface area contributed by atoms with Crippen molar-refractivity contribution in [3.63, 3.8) is 0 Å². The summed E-state index contributed by atoms with van der Waals surface area (Å²) in [6, 6.07) is 6.66. The van der Waals surface area contributed by atoms with Gasteiger partial charge in [-0.05, 0) is 36.5 Å². The fraction of sp³-hybridized carbons (Fsp3) is 0.611. The van der Waals surface area contributed by atoms with Crippen LogP contribution in [0, 0.1) is 5.92 Å². The molecule has 0 unspecified atom stereocenters. The third-order valence-corrected chi connectivity index (χ3v) is 5.71. The van der Waals surface area contributed by atoms with Gasteiger partial charge in [0.15, 0.2) is 9.84 Å². The minimum Gasteiger partial charge on any atom is -0.352 e. The third kappa shape index (κ3) is 6.34. The molecule has 0 aliphatic heterocycles. The Morgan fingerprint density at radius 2 is 1.78 bits per heavy atom. The highest BCUT2D eigenvalue weighted by Gasteiger charge is 2.13. The van der Waals surface area contributed by atoms with Crippen molar-refractivity contribution in [2.75, 3.05) is 6.26 Å². The van der Waals surface area contributed by atoms with E-state index in [0.717, 1.165) is 24.3 Å². The lowest BCUT2D eigenvalue weighted by atomic mass is 9.86. The van der Waals surface area contributed by atoms with Gasteiger partial charge in [-0.3, -0.25) is 4.79 Å². The molecule has 2 rings (SSSR count). The topological polar surface area (TPSA) is 63.2 Å². The molecule has 0 aromatic heterocycles. The predicted molar refractivity (Wildman–Crippen MR) is 91.8 cm³/mol. The summed E-state index contributed by atoms with van der Waals surface area (Å²) in [6.07, 6.45) is 10.6. The van der Waals surface area contributed by atoms with Gasteiger partial charge in [0.25, 0.3) is 0 Å². The molecule has 1 aliphatic rings. The summed E-state index contributed by atoms with van der Waals surface area (Å²) in [5.74, 6) is 0.896. The molecule has 0 bridgehead atoms. The summed E-state index contributed by atoms with van der Waals surface area (Å²) in [5, 5.41) is 2.91. The highest BCUT2D eigenvalue weighted by molar-refractivity contribution is 7.90. The zero-order valence-corrected chi connectivity index (χ0v) is 14.7. The Hall–Kier alpha value is -1.36. The first-order valence-electron chi connectivity index (χ1n) is 8.51. The number of benzene rings is 1. The number of carbonyl (C=O) groups is 1. The van der Waals surface area contributed by atoms with Crippen LogP contribution in [0.25, 0.3) is 0 Å². The van der Waals surface area contributed by atoms with Crippen molar-refractivity contribution < 1.29 is 13.2 Å². The maximum atomic E-state index is 11.9. The van der Waals surface area contributed by atoms with E-state index in [-0.39, 0.29) is 5.91 Å². The van der Waals surface area contributed by atoms with Crippen LogP contribution in [0.2, 0.25) is 0 Å². The fourth-order valence-corrected chi connectivity index (χ4v) is 3.80. The molecule has 1 aromatic rings. The highest BCUT2D eigenvalue weighted by atomic mass is 32.2. The standard InChI is InChI=1S/C18H27NO3S/c1-23(21,22)17-12-10-16(11-13-17)14-19-18(20)9-5-8-15-6-3-2-4-7-15/h10-13,15H,2-9,14H2,1H3,(H,19,20). The van der Waals surface area contributed by atoms with Crippen molar-refractivity contribution in [3.05, 3.63) is 29.8 Å². The van der Waals surface area contributed by atoms with Gasteiger partial charge in [-0.15, -0.1) is 0 Å². The summed E-state index contributed by atoms with van der Waals surface area (Å²) >= 11 is 0. The van der Waals surface area contributed by atoms with Crippen LogP contribution in [0.5, 0.6) is 0 Å². The molecule has 1 N–H and O–H groups in total. The van der Waals surface area contributed by atoms with Gasteiger partial charge >= 0.3 is 0 Å². The molecule has 5 heteroatoms. The van der Waals surface area contributed by atoms with E-state index in [0.29, 0.717) is 17.9 Å². The van der Waals surface area contributed by atoms with Gasteiger partial charge in [-0.1, -0.05) is 44.2 Å². The Morgan fingerprint density at radius 1 is 1.13 bits per heavy atom. The summed E-state index contributed by atoms with van der Waals surface area (Å²) < 4.78 is 22.8. The average molecular weight is 337 g/mol. The Kier molecular flexibility index (Phi) is 6.63. The molecule has 1 aliphatic carbocycles. The number of hydrogen-bond acceptors (Lipinski definition) is 3. The Morgan fingerprint density at radius 3 is 2.39 bits per heavy atom. The maximum Gasteiger partial charge on any atom is 0.220 e. The molecule has 23 heavy (non-hydrogen) atoms. The van der Waals surface area contributed by atoms with Gasteiger partial charge in [0, 0.05) is 19.2 Å². The summed E-state index contributed by atoms with van der Waals surface area (Å²) in [7, 11) is -3.16. The van der Waals surface area contributed by atoms with E-state index in [1.165, 1.54) is 38.4 Å². The highest BCUT2D eigenvalue weighted by Crippen LogP contribution is 2.27. The van der Waals surface area contributed by atoms with Gasteiger partial charge < -0.3 is 5.32 Å². The second-order valence-corrected chi connectivity index (χ2v) is 8.60. The molecule has 1 amide bonds. The molecule has 0 spiro atoms. The van der Waals surface area contributed by atoms with Crippen LogP contribution in [0.15, 0.2) is 29.2 Å². The summed E-state index contributed by atoms with van der Waals surface area (Å²) in [4.78, 5) is 12.2. The normalized spacial score (nSPS) is 16.2. The Bertz CT molecular complexity index is 602. The molecule has 1 fully saturated rings. The number of amides is 1. The van der Waals surface area contributed by atoms with E-state index in [1.54, 1.807) is 24.3 Å². The van der Waals surface area contributed by atoms with E-state index in [4.69, 9.17) is 0 Å². The van der Waals surface area contributed by atoms with Gasteiger partial charge in [-0.25, -0.2) is 8.42 Å². The summed E-state index contributed by atoms with van der Waals surface area (Å²) in [5.41, 5.74) is 0.915. The van der Waals surface area contributed by atoms with E-state index in [1.807, 2.05) is 0 Å². The zero-order chi connectivity index (χ0) is 16.7. The molecular formula is C18H27NO3S. The SMILES string of the molecule is CS(=O)(=O)c1ccc(CNC(=O)CCCC2CCCCC2)cc1. The number of carbonyl (C=O) groups excluding carboxylic acids is 1. The van der Waals surface area contributed by atoms with Crippen LogP contribution in [0.3, 0.4) is 0 Å². The molecule has 0 saturated heterocycles. The van der Waals surface area contributed by atoms with E-state index in [2.05, 4.69) is 5.32 Å². The fourth-order valence-electron chi connectivity index (χ4n) is 3.17. The summed E-state index contributed by atoms with van der Waals surface area (Å²) in [6.45, 7) is 0.451. The average Bonchev–Trinajstić information content (AvgIpc) is 2.53. The van der Waals surface area contributed by atoms with Crippen molar-refractivity contribution in [1.29, 1.82) is 0 Å². The van der Waals surface area contributed by atoms with Gasteiger partial charge in [0.2, 0.25) is 5.91 Å². The molecular weight excluding hydrogens is 310 g/mol. The molecule has 0 radical (unpaired) electrons. The van der Waals surface area contributed by atoms with E-state index < -0.39 is 9.84 Å². The molecule has 0 atom stereocenters. The molecule has 128 valence electrons. The minimum absolute atomic E-state index is 0.0769. The van der Waals surface area contributed by atoms with E-state index >= 15 is 0 Å². The molecule has 1 aromatic carbocycles. The van der Waals surface area contributed by atoms with Gasteiger partial charge in [-0.2, -0.15) is 0 Å². The van der Waals surface area contributed by atoms with Crippen LogP contribution in [0.1, 0.15) is 56.9 Å². The van der Waals surface area contributed by atoms with Crippen molar-refractivity contribution in [2.45, 2.75) is 62.8 Å². The maximum absolute atomic E-state index is 11.9. The number of nitrogens with one attached hydrogen (secondary N) is 1. The second kappa shape index (κ2) is 8.48. The van der Waals surface area contributed by atoms with Crippen LogP contribution in [-0.2, 0) is 21.2 Å². The largest absolute Gasteiger partial charge is 0.352 e. The van der Waals surface area contributed by atoms with E-state index in [9.17, 15) is 13.2 Å². The smallest absolute Gasteiger partial charge is 0.220 e. The Labute approximate surface area is 139 Å². The van der Waals surface area contributed by atoms with Crippen molar-refractivity contribution in [2.24, 2.45) is 5.92 Å². The number of sulfone groups is 1. The zero-order valence-electron chi connectivity index (χ0n) is 13.9. The van der Waals surface area contributed by atoms with Crippen LogP contribution < -0.4 is 5.32 Å². The minimum atomic E-state index is -3.16. The van der Waals surface area contributed by atoms with Crippen molar-refractivity contribution in [1.82, 2.24) is 5.32 Å². The first-order valence-corrected chi connectivity index (χ1v) is 10.4. The quantitative estimate of drug-likeness (QED) is 0.829. The van der Waals surface area contributed by atoms with Crippen LogP contribution >= 0.6 is 0 Å². The third-order valence-electron chi connectivity index (χ3n) is 4.58. The first kappa shape index (κ1) is 18.0. The van der Waals surface area contributed by atoms with Gasteiger partial charge in [0.05, 0.1) is 4.90 Å². The monoisotopic (exact) mass is 337 g/mol. The van der Waals surface area contributed by atoms with Crippen molar-refractivity contribution in [3.8, 4) is 0 Å². The lowest BCUT2D eigenvalue weighted by Gasteiger charge is -2.21. The van der Waals surface area contributed by atoms with Crippen LogP contribution in [-0.4, -0.2) is 20.6 Å². The lowest BCUT2D eigenvalue weighted by Crippen LogP contribution is -2.22. The number of hydrogen-bond donors (Lipinski definition) is 1. The number of rotatable bonds is 7.